The normalized spacial score (nSPS) is 11.8. The average Bonchev–Trinajstić information content (AvgIpc) is 3.07. The van der Waals surface area contributed by atoms with E-state index < -0.39 is 35.0 Å². The number of hydrogen-bond acceptors (Lipinski definition) is 5. The molecule has 0 aliphatic rings. The molecule has 0 atom stereocenters. The summed E-state index contributed by atoms with van der Waals surface area (Å²) >= 11 is 0. The number of nitrogens with zero attached hydrogens (tertiary/aromatic N) is 4. The van der Waals surface area contributed by atoms with Crippen molar-refractivity contribution >= 4 is 17.8 Å². The lowest BCUT2D eigenvalue weighted by Crippen LogP contribution is -2.17. The van der Waals surface area contributed by atoms with Crippen molar-refractivity contribution in [2.24, 2.45) is 5.16 Å². The molecule has 0 bridgehead atoms. The molecule has 2 heterocycles. The van der Waals surface area contributed by atoms with Gasteiger partial charge in [-0.2, -0.15) is 18.3 Å². The van der Waals surface area contributed by atoms with Crippen LogP contribution in [0.5, 0.6) is 0 Å². The van der Waals surface area contributed by atoms with Gasteiger partial charge in [0.25, 0.3) is 5.91 Å². The molecule has 3 rings (SSSR count). The van der Waals surface area contributed by atoms with Crippen molar-refractivity contribution in [3.8, 4) is 5.82 Å². The summed E-state index contributed by atoms with van der Waals surface area (Å²) in [6, 6.07) is 5.84. The summed E-state index contributed by atoms with van der Waals surface area (Å²) in [5, 5.41) is 16.9. The molecule has 0 unspecified atom stereocenters. The largest absolute Gasteiger partial charge is 0.433 e. The minimum absolute atomic E-state index is 0.0146. The number of pyridine rings is 1. The molecule has 0 spiro atoms. The third-order valence-electron chi connectivity index (χ3n) is 3.62. The number of amides is 1. The lowest BCUT2D eigenvalue weighted by atomic mass is 10.2. The molecule has 0 radical (unpaired) electrons. The Balaban J connectivity index is 1.89. The minimum atomic E-state index is -4.77. The molecule has 0 aliphatic carbocycles. The summed E-state index contributed by atoms with van der Waals surface area (Å²) in [5.41, 5.74) is -2.27. The van der Waals surface area contributed by atoms with E-state index in [1.807, 2.05) is 0 Å². The van der Waals surface area contributed by atoms with Crippen LogP contribution in [0.4, 0.5) is 27.6 Å². The Morgan fingerprint density at radius 1 is 1.17 bits per heavy atom. The Kier molecular flexibility index (Phi) is 5.26. The van der Waals surface area contributed by atoms with Gasteiger partial charge in [0, 0.05) is 0 Å². The third-order valence-corrected chi connectivity index (χ3v) is 3.62. The van der Waals surface area contributed by atoms with Crippen molar-refractivity contribution in [2.45, 2.75) is 6.18 Å². The number of nitrogens with one attached hydrogen (secondary N) is 1. The van der Waals surface area contributed by atoms with E-state index in [4.69, 9.17) is 5.21 Å². The van der Waals surface area contributed by atoms with Gasteiger partial charge >= 0.3 is 6.18 Å². The van der Waals surface area contributed by atoms with E-state index >= 15 is 0 Å². The molecule has 29 heavy (non-hydrogen) atoms. The number of carbonyl (C=O) groups excluding carboxylic acids is 1. The molecule has 0 saturated carbocycles. The van der Waals surface area contributed by atoms with Gasteiger partial charge in [0.15, 0.2) is 11.5 Å². The fourth-order valence-electron chi connectivity index (χ4n) is 2.39. The van der Waals surface area contributed by atoms with E-state index in [9.17, 15) is 26.7 Å². The van der Waals surface area contributed by atoms with Crippen LogP contribution < -0.4 is 5.32 Å². The lowest BCUT2D eigenvalue weighted by molar-refractivity contribution is -0.142. The van der Waals surface area contributed by atoms with Gasteiger partial charge in [-0.3, -0.25) is 4.79 Å². The van der Waals surface area contributed by atoms with E-state index in [0.717, 1.165) is 30.5 Å². The summed E-state index contributed by atoms with van der Waals surface area (Å²) in [7, 11) is 0. The zero-order chi connectivity index (χ0) is 21.2. The Hall–Kier alpha value is -3.83. The molecule has 0 fully saturated rings. The first kappa shape index (κ1) is 19.9. The fourth-order valence-corrected chi connectivity index (χ4v) is 2.39. The SMILES string of the molecule is O=C(Nc1ccc(-n2nc(/C=N\O)cc2C(F)(F)F)nc1)c1c(F)cccc1F. The van der Waals surface area contributed by atoms with Gasteiger partial charge in [0.05, 0.1) is 18.1 Å². The van der Waals surface area contributed by atoms with Crippen LogP contribution in [0, 0.1) is 11.6 Å². The lowest BCUT2D eigenvalue weighted by Gasteiger charge is -2.10. The van der Waals surface area contributed by atoms with Crippen LogP contribution in [-0.4, -0.2) is 32.1 Å². The molecule has 2 aromatic heterocycles. The second-order valence-corrected chi connectivity index (χ2v) is 5.56. The van der Waals surface area contributed by atoms with Crippen LogP contribution in [0.2, 0.25) is 0 Å². The molecule has 7 nitrogen and oxygen atoms in total. The van der Waals surface area contributed by atoms with Gasteiger partial charge in [-0.25, -0.2) is 18.4 Å². The zero-order valence-corrected chi connectivity index (χ0v) is 14.2. The molecule has 2 N–H and O–H groups in total. The van der Waals surface area contributed by atoms with Gasteiger partial charge in [-0.1, -0.05) is 11.2 Å². The number of aromatic nitrogens is 3. The number of anilines is 1. The maximum Gasteiger partial charge on any atom is 0.433 e. The molecule has 3 aromatic rings. The highest BCUT2D eigenvalue weighted by Gasteiger charge is 2.36. The van der Waals surface area contributed by atoms with Crippen LogP contribution in [0.3, 0.4) is 0 Å². The van der Waals surface area contributed by atoms with E-state index in [-0.39, 0.29) is 17.2 Å². The third kappa shape index (κ3) is 4.20. The first-order chi connectivity index (χ1) is 13.7. The summed E-state index contributed by atoms with van der Waals surface area (Å²) in [4.78, 5) is 15.8. The number of halogens is 5. The first-order valence-electron chi connectivity index (χ1n) is 7.77. The van der Waals surface area contributed by atoms with Gasteiger partial charge in [-0.05, 0) is 30.3 Å². The second kappa shape index (κ2) is 7.66. The predicted octanol–water partition coefficient (Wildman–Crippen LogP) is 3.62. The topological polar surface area (TPSA) is 92.4 Å². The first-order valence-corrected chi connectivity index (χ1v) is 7.77. The quantitative estimate of drug-likeness (QED) is 0.297. The zero-order valence-electron chi connectivity index (χ0n) is 14.2. The van der Waals surface area contributed by atoms with Crippen molar-refractivity contribution < 1.29 is 32.0 Å². The van der Waals surface area contributed by atoms with Crippen molar-refractivity contribution in [1.82, 2.24) is 14.8 Å². The predicted molar refractivity (Wildman–Crippen MR) is 90.1 cm³/mol. The molecular weight excluding hydrogens is 401 g/mol. The van der Waals surface area contributed by atoms with Crippen molar-refractivity contribution in [1.29, 1.82) is 0 Å². The maximum absolute atomic E-state index is 13.6. The number of rotatable bonds is 4. The smallest absolute Gasteiger partial charge is 0.411 e. The van der Waals surface area contributed by atoms with Gasteiger partial charge < -0.3 is 10.5 Å². The number of oxime groups is 1. The van der Waals surface area contributed by atoms with Crippen molar-refractivity contribution in [3.63, 3.8) is 0 Å². The summed E-state index contributed by atoms with van der Waals surface area (Å²) in [6.07, 6.45) is -3.07. The van der Waals surface area contributed by atoms with Crippen molar-refractivity contribution in [2.75, 3.05) is 5.32 Å². The summed E-state index contributed by atoms with van der Waals surface area (Å²) < 4.78 is 67.3. The molecule has 0 aliphatic heterocycles. The van der Waals surface area contributed by atoms with E-state index in [1.54, 1.807) is 0 Å². The molecule has 1 aromatic carbocycles. The molecule has 0 saturated heterocycles. The molecule has 1 amide bonds. The number of alkyl halides is 3. The Morgan fingerprint density at radius 2 is 1.86 bits per heavy atom. The highest BCUT2D eigenvalue weighted by Crippen LogP contribution is 2.31. The Morgan fingerprint density at radius 3 is 2.41 bits per heavy atom. The average molecular weight is 411 g/mol. The molecular formula is C17H10F5N5O2. The second-order valence-electron chi connectivity index (χ2n) is 5.56. The van der Waals surface area contributed by atoms with E-state index in [0.29, 0.717) is 17.0 Å². The summed E-state index contributed by atoms with van der Waals surface area (Å²) in [5.74, 6) is -3.50. The van der Waals surface area contributed by atoms with Crippen LogP contribution in [0.25, 0.3) is 5.82 Å². The van der Waals surface area contributed by atoms with Crippen LogP contribution in [0.1, 0.15) is 21.7 Å². The minimum Gasteiger partial charge on any atom is -0.411 e. The molecule has 12 heteroatoms. The van der Waals surface area contributed by atoms with Crippen LogP contribution in [-0.2, 0) is 6.18 Å². The Bertz CT molecular complexity index is 1060. The van der Waals surface area contributed by atoms with Crippen molar-refractivity contribution in [3.05, 3.63) is 71.2 Å². The highest BCUT2D eigenvalue weighted by molar-refractivity contribution is 6.04. The molecule has 150 valence electrons. The van der Waals surface area contributed by atoms with Gasteiger partial charge in [0.2, 0.25) is 0 Å². The van der Waals surface area contributed by atoms with E-state index in [1.165, 1.54) is 6.07 Å². The van der Waals surface area contributed by atoms with Gasteiger partial charge in [-0.15, -0.1) is 0 Å². The highest BCUT2D eigenvalue weighted by atomic mass is 19.4. The van der Waals surface area contributed by atoms with Crippen LogP contribution in [0.15, 0.2) is 47.8 Å². The standard InChI is InChI=1S/C17H10F5N5O2/c18-11-2-1-3-12(19)15(11)16(28)25-9-4-5-14(23-7-9)27-13(17(20,21)22)6-10(26-27)8-24-29/h1-8,29H,(H,25,28)/b24-8-. The summed E-state index contributed by atoms with van der Waals surface area (Å²) in [6.45, 7) is 0. The van der Waals surface area contributed by atoms with Gasteiger partial charge in [0.1, 0.15) is 22.9 Å². The Labute approximate surface area is 159 Å². The maximum atomic E-state index is 13.6. The monoisotopic (exact) mass is 411 g/mol. The number of carbonyl (C=O) groups is 1. The number of benzene rings is 1. The number of hydrogen-bond donors (Lipinski definition) is 2. The fraction of sp³-hybridized carbons (Fsp3) is 0.0588. The van der Waals surface area contributed by atoms with E-state index in [2.05, 4.69) is 20.6 Å². The van der Waals surface area contributed by atoms with Crippen LogP contribution >= 0.6 is 0 Å².